The standard InChI is InChI=1S/C10H11BrN2O2/c11-9-5-12-2-1-6(9)7-3-13-4-8(7)10(14)15/h1-2,5,7-8,13H,3-4H2,(H,14,15). The number of halogens is 1. The number of carbonyl (C=O) groups is 1. The molecule has 0 aliphatic carbocycles. The van der Waals surface area contributed by atoms with Crippen LogP contribution in [0.4, 0.5) is 0 Å². The molecule has 2 atom stereocenters. The van der Waals surface area contributed by atoms with E-state index in [1.807, 2.05) is 6.07 Å². The monoisotopic (exact) mass is 270 g/mol. The molecule has 0 bridgehead atoms. The van der Waals surface area contributed by atoms with Crippen LogP contribution in [0.3, 0.4) is 0 Å². The van der Waals surface area contributed by atoms with Crippen molar-refractivity contribution in [2.24, 2.45) is 5.92 Å². The van der Waals surface area contributed by atoms with E-state index in [1.54, 1.807) is 12.4 Å². The number of pyridine rings is 1. The zero-order chi connectivity index (χ0) is 10.8. The molecule has 2 N–H and O–H groups in total. The van der Waals surface area contributed by atoms with Gasteiger partial charge in [-0.3, -0.25) is 9.78 Å². The predicted octanol–water partition coefficient (Wildman–Crippen LogP) is 1.23. The van der Waals surface area contributed by atoms with Crippen LogP contribution < -0.4 is 5.32 Å². The number of hydrogen-bond donors (Lipinski definition) is 2. The number of hydrogen-bond acceptors (Lipinski definition) is 3. The maximum absolute atomic E-state index is 11.0. The zero-order valence-corrected chi connectivity index (χ0v) is 9.57. The molecule has 0 radical (unpaired) electrons. The van der Waals surface area contributed by atoms with Gasteiger partial charge in [-0.05, 0) is 27.6 Å². The van der Waals surface area contributed by atoms with Gasteiger partial charge in [-0.2, -0.15) is 0 Å². The third-order valence-electron chi connectivity index (χ3n) is 2.73. The Kier molecular flexibility index (Phi) is 3.02. The van der Waals surface area contributed by atoms with Gasteiger partial charge in [-0.15, -0.1) is 0 Å². The fraction of sp³-hybridized carbons (Fsp3) is 0.400. The first-order valence-electron chi connectivity index (χ1n) is 4.73. The first-order valence-corrected chi connectivity index (χ1v) is 5.52. The van der Waals surface area contributed by atoms with Crippen LogP contribution in [-0.4, -0.2) is 29.1 Å². The van der Waals surface area contributed by atoms with E-state index in [-0.39, 0.29) is 11.8 Å². The molecule has 1 saturated heterocycles. The molecule has 0 aromatic carbocycles. The Hall–Kier alpha value is -0.940. The smallest absolute Gasteiger partial charge is 0.308 e. The molecule has 2 heterocycles. The molecule has 0 amide bonds. The molecule has 1 aliphatic heterocycles. The Bertz CT molecular complexity index is 383. The molecule has 2 unspecified atom stereocenters. The van der Waals surface area contributed by atoms with Crippen molar-refractivity contribution < 1.29 is 9.90 Å². The summed E-state index contributed by atoms with van der Waals surface area (Å²) in [6.07, 6.45) is 3.39. The molecule has 15 heavy (non-hydrogen) atoms. The number of carboxylic acid groups (broad SMARTS) is 1. The quantitative estimate of drug-likeness (QED) is 0.849. The summed E-state index contributed by atoms with van der Waals surface area (Å²) in [7, 11) is 0. The van der Waals surface area contributed by atoms with Crippen LogP contribution in [0, 0.1) is 5.92 Å². The van der Waals surface area contributed by atoms with E-state index in [9.17, 15) is 4.79 Å². The van der Waals surface area contributed by atoms with E-state index >= 15 is 0 Å². The lowest BCUT2D eigenvalue weighted by molar-refractivity contribution is -0.141. The van der Waals surface area contributed by atoms with E-state index in [2.05, 4.69) is 26.2 Å². The molecule has 0 saturated carbocycles. The van der Waals surface area contributed by atoms with E-state index in [4.69, 9.17) is 5.11 Å². The Morgan fingerprint density at radius 3 is 3.07 bits per heavy atom. The number of carboxylic acids is 1. The predicted molar refractivity (Wildman–Crippen MR) is 58.7 cm³/mol. The van der Waals surface area contributed by atoms with Gasteiger partial charge in [0.1, 0.15) is 0 Å². The van der Waals surface area contributed by atoms with Crippen molar-refractivity contribution in [1.82, 2.24) is 10.3 Å². The molecular weight excluding hydrogens is 260 g/mol. The van der Waals surface area contributed by atoms with Crippen LogP contribution in [0.2, 0.25) is 0 Å². The Balaban J connectivity index is 2.30. The minimum Gasteiger partial charge on any atom is -0.481 e. The Morgan fingerprint density at radius 1 is 1.60 bits per heavy atom. The van der Waals surface area contributed by atoms with Crippen LogP contribution in [0.25, 0.3) is 0 Å². The largest absolute Gasteiger partial charge is 0.481 e. The molecule has 1 aromatic rings. The fourth-order valence-corrected chi connectivity index (χ4v) is 2.50. The van der Waals surface area contributed by atoms with E-state index < -0.39 is 5.97 Å². The average Bonchev–Trinajstić information content (AvgIpc) is 2.67. The second kappa shape index (κ2) is 4.28. The number of aliphatic carboxylic acids is 1. The summed E-state index contributed by atoms with van der Waals surface area (Å²) >= 11 is 3.40. The zero-order valence-electron chi connectivity index (χ0n) is 7.98. The van der Waals surface area contributed by atoms with E-state index in [1.165, 1.54) is 0 Å². The van der Waals surface area contributed by atoms with Gasteiger partial charge in [0, 0.05) is 35.9 Å². The molecule has 0 spiro atoms. The van der Waals surface area contributed by atoms with Crippen molar-refractivity contribution in [3.63, 3.8) is 0 Å². The van der Waals surface area contributed by atoms with E-state index in [0.717, 1.165) is 10.0 Å². The van der Waals surface area contributed by atoms with Gasteiger partial charge in [-0.1, -0.05) is 0 Å². The Labute approximate surface area is 95.8 Å². The van der Waals surface area contributed by atoms with Gasteiger partial charge >= 0.3 is 5.97 Å². The number of nitrogens with one attached hydrogen (secondary N) is 1. The van der Waals surface area contributed by atoms with Gasteiger partial charge in [-0.25, -0.2) is 0 Å². The summed E-state index contributed by atoms with van der Waals surface area (Å²) in [4.78, 5) is 15.0. The number of rotatable bonds is 2. The van der Waals surface area contributed by atoms with E-state index in [0.29, 0.717) is 13.1 Å². The highest BCUT2D eigenvalue weighted by molar-refractivity contribution is 9.10. The first-order chi connectivity index (χ1) is 7.20. The van der Waals surface area contributed by atoms with Gasteiger partial charge in [0.05, 0.1) is 5.92 Å². The molecule has 2 rings (SSSR count). The van der Waals surface area contributed by atoms with Crippen LogP contribution in [0.5, 0.6) is 0 Å². The molecule has 5 heteroatoms. The van der Waals surface area contributed by atoms with Crippen molar-refractivity contribution in [1.29, 1.82) is 0 Å². The molecule has 1 aromatic heterocycles. The molecule has 1 aliphatic rings. The highest BCUT2D eigenvalue weighted by atomic mass is 79.9. The molecule has 1 fully saturated rings. The lowest BCUT2D eigenvalue weighted by atomic mass is 9.90. The normalized spacial score (nSPS) is 25.4. The van der Waals surface area contributed by atoms with Crippen LogP contribution >= 0.6 is 15.9 Å². The minimum absolute atomic E-state index is 0.0277. The topological polar surface area (TPSA) is 62.2 Å². The Morgan fingerprint density at radius 2 is 2.40 bits per heavy atom. The number of nitrogens with zero attached hydrogens (tertiary/aromatic N) is 1. The van der Waals surface area contributed by atoms with Gasteiger partial charge < -0.3 is 10.4 Å². The highest BCUT2D eigenvalue weighted by Gasteiger charge is 2.34. The van der Waals surface area contributed by atoms with Crippen molar-refractivity contribution in [3.05, 3.63) is 28.5 Å². The summed E-state index contributed by atoms with van der Waals surface area (Å²) in [5, 5.41) is 12.2. The summed E-state index contributed by atoms with van der Waals surface area (Å²) in [5.41, 5.74) is 1.02. The van der Waals surface area contributed by atoms with Gasteiger partial charge in [0.25, 0.3) is 0 Å². The van der Waals surface area contributed by atoms with Crippen molar-refractivity contribution in [3.8, 4) is 0 Å². The van der Waals surface area contributed by atoms with Crippen LogP contribution in [0.15, 0.2) is 22.9 Å². The fourth-order valence-electron chi connectivity index (χ4n) is 1.95. The van der Waals surface area contributed by atoms with Crippen LogP contribution in [0.1, 0.15) is 11.5 Å². The lowest BCUT2D eigenvalue weighted by Crippen LogP contribution is -2.21. The van der Waals surface area contributed by atoms with Crippen molar-refractivity contribution >= 4 is 21.9 Å². The van der Waals surface area contributed by atoms with Crippen LogP contribution in [-0.2, 0) is 4.79 Å². The van der Waals surface area contributed by atoms with Gasteiger partial charge in [0.2, 0.25) is 0 Å². The van der Waals surface area contributed by atoms with Crippen molar-refractivity contribution in [2.75, 3.05) is 13.1 Å². The second-order valence-electron chi connectivity index (χ2n) is 3.61. The lowest BCUT2D eigenvalue weighted by Gasteiger charge is -2.15. The molecule has 4 nitrogen and oxygen atoms in total. The maximum atomic E-state index is 11.0. The molecular formula is C10H11BrN2O2. The summed E-state index contributed by atoms with van der Waals surface area (Å²) in [6, 6.07) is 1.87. The summed E-state index contributed by atoms with van der Waals surface area (Å²) in [6.45, 7) is 1.24. The average molecular weight is 271 g/mol. The third kappa shape index (κ3) is 2.03. The summed E-state index contributed by atoms with van der Waals surface area (Å²) in [5.74, 6) is -1.06. The SMILES string of the molecule is O=C(O)C1CNCC1c1ccncc1Br. The minimum atomic E-state index is -0.742. The summed E-state index contributed by atoms with van der Waals surface area (Å²) < 4.78 is 0.880. The number of aromatic nitrogens is 1. The third-order valence-corrected chi connectivity index (χ3v) is 3.40. The first kappa shape index (κ1) is 10.6. The molecule has 80 valence electrons. The van der Waals surface area contributed by atoms with Crippen molar-refractivity contribution in [2.45, 2.75) is 5.92 Å². The maximum Gasteiger partial charge on any atom is 0.308 e. The van der Waals surface area contributed by atoms with Gasteiger partial charge in [0.15, 0.2) is 0 Å². The highest BCUT2D eigenvalue weighted by Crippen LogP contribution is 2.32. The second-order valence-corrected chi connectivity index (χ2v) is 4.46.